The van der Waals surface area contributed by atoms with Crippen molar-refractivity contribution in [2.75, 3.05) is 13.2 Å². The maximum atomic E-state index is 13.3. The van der Waals surface area contributed by atoms with Crippen LogP contribution < -0.4 is 10.5 Å². The average molecular weight is 227 g/mol. The van der Waals surface area contributed by atoms with Crippen molar-refractivity contribution in [3.63, 3.8) is 0 Å². The molecule has 1 aromatic rings. The average Bonchev–Trinajstić information content (AvgIpc) is 3.02. The van der Waals surface area contributed by atoms with Crippen molar-refractivity contribution in [1.29, 1.82) is 0 Å². The molecule has 1 saturated carbocycles. The van der Waals surface area contributed by atoms with E-state index in [4.69, 9.17) is 10.5 Å². The van der Waals surface area contributed by atoms with Gasteiger partial charge in [0.25, 0.3) is 0 Å². The van der Waals surface area contributed by atoms with Gasteiger partial charge in [0.2, 0.25) is 5.82 Å². The Morgan fingerprint density at radius 3 is 2.69 bits per heavy atom. The molecule has 0 bridgehead atoms. The lowest BCUT2D eigenvalue weighted by atomic mass is 10.0. The molecule has 2 nitrogen and oxygen atoms in total. The molecule has 16 heavy (non-hydrogen) atoms. The van der Waals surface area contributed by atoms with E-state index < -0.39 is 11.6 Å². The molecule has 1 aromatic carbocycles. The quantitative estimate of drug-likeness (QED) is 0.838. The van der Waals surface area contributed by atoms with Crippen LogP contribution in [-0.2, 0) is 0 Å². The fraction of sp³-hybridized carbons (Fsp3) is 0.500. The summed E-state index contributed by atoms with van der Waals surface area (Å²) >= 11 is 0. The Labute approximate surface area is 93.4 Å². The largest absolute Gasteiger partial charge is 0.490 e. The first kappa shape index (κ1) is 11.3. The predicted molar refractivity (Wildman–Crippen MR) is 57.2 cm³/mol. The SMILES string of the molecule is NCCC1(COc2cccc(F)c2F)CC1. The molecular weight excluding hydrogens is 212 g/mol. The summed E-state index contributed by atoms with van der Waals surface area (Å²) in [6, 6.07) is 3.96. The Morgan fingerprint density at radius 1 is 1.31 bits per heavy atom. The zero-order chi connectivity index (χ0) is 11.6. The first-order valence-electron chi connectivity index (χ1n) is 5.44. The lowest BCUT2D eigenvalue weighted by Gasteiger charge is -2.15. The van der Waals surface area contributed by atoms with Crippen LogP contribution in [0.5, 0.6) is 5.75 Å². The summed E-state index contributed by atoms with van der Waals surface area (Å²) in [6.07, 6.45) is 2.99. The summed E-state index contributed by atoms with van der Waals surface area (Å²) in [7, 11) is 0. The normalized spacial score (nSPS) is 17.2. The van der Waals surface area contributed by atoms with Crippen LogP contribution in [0.2, 0.25) is 0 Å². The fourth-order valence-corrected chi connectivity index (χ4v) is 1.78. The maximum absolute atomic E-state index is 13.3. The molecule has 0 aromatic heterocycles. The summed E-state index contributed by atoms with van der Waals surface area (Å²) < 4.78 is 31.5. The van der Waals surface area contributed by atoms with Gasteiger partial charge in [0, 0.05) is 5.41 Å². The number of halogens is 2. The topological polar surface area (TPSA) is 35.2 Å². The predicted octanol–water partition coefficient (Wildman–Crippen LogP) is 2.47. The number of nitrogens with two attached hydrogens (primary N) is 1. The fourth-order valence-electron chi connectivity index (χ4n) is 1.78. The van der Waals surface area contributed by atoms with Crippen LogP contribution in [0, 0.1) is 17.0 Å². The first-order chi connectivity index (χ1) is 7.67. The molecule has 0 atom stereocenters. The van der Waals surface area contributed by atoms with E-state index in [1.54, 1.807) is 0 Å². The number of benzene rings is 1. The summed E-state index contributed by atoms with van der Waals surface area (Å²) in [5.41, 5.74) is 5.59. The Kier molecular flexibility index (Phi) is 3.10. The number of hydrogen-bond donors (Lipinski definition) is 1. The van der Waals surface area contributed by atoms with E-state index >= 15 is 0 Å². The highest BCUT2D eigenvalue weighted by Gasteiger charge is 2.42. The lowest BCUT2D eigenvalue weighted by molar-refractivity contribution is 0.216. The molecule has 0 radical (unpaired) electrons. The third-order valence-corrected chi connectivity index (χ3v) is 3.08. The Morgan fingerprint density at radius 2 is 2.06 bits per heavy atom. The van der Waals surface area contributed by atoms with Crippen LogP contribution in [0.4, 0.5) is 8.78 Å². The Bertz CT molecular complexity index is 377. The zero-order valence-electron chi connectivity index (χ0n) is 9.01. The second kappa shape index (κ2) is 4.37. The van der Waals surface area contributed by atoms with Crippen LogP contribution in [0.25, 0.3) is 0 Å². The minimum Gasteiger partial charge on any atom is -0.490 e. The summed E-state index contributed by atoms with van der Waals surface area (Å²) in [5, 5.41) is 0. The smallest absolute Gasteiger partial charge is 0.200 e. The van der Waals surface area contributed by atoms with E-state index in [0.717, 1.165) is 25.3 Å². The van der Waals surface area contributed by atoms with E-state index in [2.05, 4.69) is 0 Å². The summed E-state index contributed by atoms with van der Waals surface area (Å²) in [4.78, 5) is 0. The van der Waals surface area contributed by atoms with Gasteiger partial charge in [-0.3, -0.25) is 0 Å². The number of hydrogen-bond acceptors (Lipinski definition) is 2. The molecular formula is C12H15F2NO. The highest BCUT2D eigenvalue weighted by molar-refractivity contribution is 5.25. The second-order valence-electron chi connectivity index (χ2n) is 4.38. The van der Waals surface area contributed by atoms with Gasteiger partial charge >= 0.3 is 0 Å². The third-order valence-electron chi connectivity index (χ3n) is 3.08. The number of ether oxygens (including phenoxy) is 1. The van der Waals surface area contributed by atoms with E-state index in [1.165, 1.54) is 12.1 Å². The molecule has 0 unspecified atom stereocenters. The van der Waals surface area contributed by atoms with E-state index in [9.17, 15) is 8.78 Å². The van der Waals surface area contributed by atoms with Crippen molar-refractivity contribution < 1.29 is 13.5 Å². The van der Waals surface area contributed by atoms with Gasteiger partial charge in [-0.2, -0.15) is 4.39 Å². The standard InChI is InChI=1S/C12H15F2NO/c13-9-2-1-3-10(11(9)14)16-8-12(4-5-12)6-7-15/h1-3H,4-8,15H2. The third kappa shape index (κ3) is 2.32. The Hall–Kier alpha value is -1.16. The van der Waals surface area contributed by atoms with Gasteiger partial charge in [0.05, 0.1) is 6.61 Å². The monoisotopic (exact) mass is 227 g/mol. The summed E-state index contributed by atoms with van der Waals surface area (Å²) in [6.45, 7) is 1.03. The van der Waals surface area contributed by atoms with Crippen molar-refractivity contribution in [3.8, 4) is 5.75 Å². The molecule has 1 aliphatic carbocycles. The van der Waals surface area contributed by atoms with Crippen LogP contribution in [0.3, 0.4) is 0 Å². The van der Waals surface area contributed by atoms with Crippen LogP contribution >= 0.6 is 0 Å². The molecule has 1 aliphatic rings. The molecule has 0 amide bonds. The van der Waals surface area contributed by atoms with Crippen molar-refractivity contribution in [1.82, 2.24) is 0 Å². The Balaban J connectivity index is 1.97. The van der Waals surface area contributed by atoms with E-state index in [0.29, 0.717) is 13.2 Å². The van der Waals surface area contributed by atoms with Crippen molar-refractivity contribution in [3.05, 3.63) is 29.8 Å². The molecule has 4 heteroatoms. The zero-order valence-corrected chi connectivity index (χ0v) is 9.01. The second-order valence-corrected chi connectivity index (χ2v) is 4.38. The highest BCUT2D eigenvalue weighted by Crippen LogP contribution is 2.48. The van der Waals surface area contributed by atoms with Gasteiger partial charge in [0.15, 0.2) is 11.6 Å². The van der Waals surface area contributed by atoms with Crippen molar-refractivity contribution in [2.24, 2.45) is 11.1 Å². The van der Waals surface area contributed by atoms with Crippen molar-refractivity contribution in [2.45, 2.75) is 19.3 Å². The molecule has 2 N–H and O–H groups in total. The maximum Gasteiger partial charge on any atom is 0.200 e. The van der Waals surface area contributed by atoms with Crippen LogP contribution in [0.15, 0.2) is 18.2 Å². The van der Waals surface area contributed by atoms with Gasteiger partial charge < -0.3 is 10.5 Å². The molecule has 2 rings (SSSR count). The van der Waals surface area contributed by atoms with Gasteiger partial charge in [-0.25, -0.2) is 4.39 Å². The minimum absolute atomic E-state index is 0.0108. The molecule has 0 spiro atoms. The van der Waals surface area contributed by atoms with Crippen molar-refractivity contribution >= 4 is 0 Å². The van der Waals surface area contributed by atoms with Crippen LogP contribution in [0.1, 0.15) is 19.3 Å². The van der Waals surface area contributed by atoms with E-state index in [1.807, 2.05) is 0 Å². The van der Waals surface area contributed by atoms with E-state index in [-0.39, 0.29) is 11.2 Å². The van der Waals surface area contributed by atoms with Gasteiger partial charge in [-0.15, -0.1) is 0 Å². The lowest BCUT2D eigenvalue weighted by Crippen LogP contribution is -2.18. The summed E-state index contributed by atoms with van der Waals surface area (Å²) in [5.74, 6) is -1.80. The first-order valence-corrected chi connectivity index (χ1v) is 5.44. The molecule has 1 fully saturated rings. The van der Waals surface area contributed by atoms with Crippen LogP contribution in [-0.4, -0.2) is 13.2 Å². The van der Waals surface area contributed by atoms with Gasteiger partial charge in [-0.1, -0.05) is 6.07 Å². The highest BCUT2D eigenvalue weighted by atomic mass is 19.2. The van der Waals surface area contributed by atoms with Gasteiger partial charge in [-0.05, 0) is 37.9 Å². The minimum atomic E-state index is -0.911. The number of rotatable bonds is 5. The molecule has 0 aliphatic heterocycles. The van der Waals surface area contributed by atoms with Gasteiger partial charge in [0.1, 0.15) is 0 Å². The molecule has 0 heterocycles. The molecule has 88 valence electrons. The molecule has 0 saturated heterocycles.